The molecule has 0 aromatic heterocycles. The van der Waals surface area contributed by atoms with Crippen LogP contribution in [-0.4, -0.2) is 5.11 Å². The fourth-order valence-corrected chi connectivity index (χ4v) is 0.0289. The van der Waals surface area contributed by atoms with Gasteiger partial charge in [0.1, 0.15) is 0 Å². The van der Waals surface area contributed by atoms with Gasteiger partial charge in [-0.1, -0.05) is 0 Å². The Balaban J connectivity index is 3.30. The van der Waals surface area contributed by atoms with E-state index in [1.807, 2.05) is 6.04 Å². The summed E-state index contributed by atoms with van der Waals surface area (Å²) >= 11 is 0. The smallest absolute Gasteiger partial charge is 0.417 e. The van der Waals surface area contributed by atoms with Gasteiger partial charge in [-0.2, -0.15) is 0 Å². The molecule has 24 valence electrons. The van der Waals surface area contributed by atoms with Crippen molar-refractivity contribution in [2.75, 3.05) is 0 Å². The quantitative estimate of drug-likeness (QED) is 0.404. The summed E-state index contributed by atoms with van der Waals surface area (Å²) in [7, 11) is 0. The Kier molecular flexibility index (Phi) is 2.19. The van der Waals surface area contributed by atoms with Gasteiger partial charge < -0.3 is 5.11 Å². The molecule has 0 heterocycles. The van der Waals surface area contributed by atoms with E-state index in [4.69, 9.17) is 5.11 Å². The molecule has 5 heavy (non-hydrogen) atoms. The van der Waals surface area contributed by atoms with Gasteiger partial charge in [0.2, 0.25) is 6.11 Å². The molecule has 0 unspecified atom stereocenters. The molecule has 0 spiro atoms. The van der Waals surface area contributed by atoms with Crippen LogP contribution in [-0.2, 0) is 0 Å². The lowest BCUT2D eigenvalue weighted by Crippen LogP contribution is -1.39. The van der Waals surface area contributed by atoms with Crippen molar-refractivity contribution in [3.63, 3.8) is 0 Å². The number of aliphatic hydroxyl groups excluding tert-OH is 1. The maximum atomic E-state index is 7.53. The summed E-state index contributed by atoms with van der Waals surface area (Å²) in [6, 6.07) is 1.82. The van der Waals surface area contributed by atoms with Crippen LogP contribution >= 0.6 is 0 Å². The van der Waals surface area contributed by atoms with Crippen molar-refractivity contribution >= 4 is 0 Å². The lowest BCUT2D eigenvalue weighted by Gasteiger charge is -1.33. The third kappa shape index (κ3) is 2.85. The second-order valence-electron chi connectivity index (χ2n) is 0.353. The van der Waals surface area contributed by atoms with E-state index < -0.39 is 0 Å². The Labute approximate surface area is 29.9 Å². The molecule has 0 rings (SSSR count). The largest absolute Gasteiger partial charge is 0.457 e. The van der Waals surface area contributed by atoms with Gasteiger partial charge in [-0.25, -0.2) is 0 Å². The molecule has 0 radical (unpaired) electrons. The highest BCUT2D eigenvalue weighted by atomic mass is 16.2. The molecule has 0 fully saturated rings. The lowest BCUT2D eigenvalue weighted by molar-refractivity contribution is 0.517. The maximum absolute atomic E-state index is 7.53. The molecular formula is C3H2NO+. The van der Waals surface area contributed by atoms with Gasteiger partial charge in [0.05, 0.1) is 0 Å². The van der Waals surface area contributed by atoms with Crippen LogP contribution in [0.25, 0.3) is 4.85 Å². The summed E-state index contributed by atoms with van der Waals surface area (Å²) in [4.78, 5) is 2.74. The summed E-state index contributed by atoms with van der Waals surface area (Å²) in [5.74, 6) is 0. The van der Waals surface area contributed by atoms with Crippen LogP contribution in [0.3, 0.4) is 0 Å². The molecule has 0 aliphatic carbocycles. The van der Waals surface area contributed by atoms with E-state index >= 15 is 0 Å². The van der Waals surface area contributed by atoms with E-state index in [0.29, 0.717) is 0 Å². The minimum Gasteiger partial charge on any atom is -0.457 e. The second kappa shape index (κ2) is 2.85. The number of nitrogens with zero attached hydrogens (tertiary/aromatic N) is 1. The zero-order chi connectivity index (χ0) is 4.12. The third-order valence-corrected chi connectivity index (χ3v) is 0.115. The van der Waals surface area contributed by atoms with Gasteiger partial charge in [-0.05, 0) is 0 Å². The van der Waals surface area contributed by atoms with Crippen molar-refractivity contribution < 1.29 is 5.11 Å². The summed E-state index contributed by atoms with van der Waals surface area (Å²) in [5.41, 5.74) is 0. The molecule has 0 aromatic rings. The average Bonchev–Trinajstić information content (AvgIpc) is 1.41. The van der Waals surface area contributed by atoms with Crippen molar-refractivity contribution in [3.8, 4) is 18.7 Å². The van der Waals surface area contributed by atoms with Gasteiger partial charge in [0.15, 0.2) is 0 Å². The lowest BCUT2D eigenvalue weighted by atomic mass is 11.1. The third-order valence-electron chi connectivity index (χ3n) is 0.115. The molecule has 0 aliphatic heterocycles. The Hall–Kier alpha value is -1.15. The Morgan fingerprint density at radius 3 is 2.40 bits per heavy atom. The predicted molar refractivity (Wildman–Crippen MR) is 18.0 cm³/mol. The maximum Gasteiger partial charge on any atom is 0.417 e. The number of hydrogen-bond donors (Lipinski definition) is 1. The molecule has 0 saturated carbocycles. The van der Waals surface area contributed by atoms with Crippen LogP contribution in [0.5, 0.6) is 0 Å². The molecule has 2 heteroatoms. The number of aliphatic hydroxyl groups is 1. The monoisotopic (exact) mass is 68.0 g/mol. The molecule has 0 aliphatic rings. The van der Waals surface area contributed by atoms with E-state index in [-0.39, 0.29) is 0 Å². The normalized spacial score (nSPS) is 3.00. The fourth-order valence-electron chi connectivity index (χ4n) is 0.0289. The summed E-state index contributed by atoms with van der Waals surface area (Å²) in [6.45, 7) is 4.43. The van der Waals surface area contributed by atoms with E-state index in [2.05, 4.69) is 11.4 Å². The first-order chi connectivity index (χ1) is 2.41. The zero-order valence-electron chi connectivity index (χ0n) is 2.47. The van der Waals surface area contributed by atoms with Gasteiger partial charge >= 0.3 is 6.04 Å². The minimum absolute atomic E-state index is 1.48. The van der Waals surface area contributed by atoms with Crippen LogP contribution in [0.15, 0.2) is 0 Å². The first-order valence-corrected chi connectivity index (χ1v) is 0.955. The molecule has 0 amide bonds. The molecule has 0 aromatic carbocycles. The highest BCUT2D eigenvalue weighted by molar-refractivity contribution is 5.01. The van der Waals surface area contributed by atoms with Crippen molar-refractivity contribution in [1.29, 1.82) is 0 Å². The summed E-state index contributed by atoms with van der Waals surface area (Å²) in [6.07, 6.45) is 1.48. The zero-order valence-corrected chi connectivity index (χ0v) is 2.47. The molecule has 1 N–H and O–H groups in total. The Bertz CT molecular complexity index is 100. The highest BCUT2D eigenvalue weighted by Crippen LogP contribution is 1.45. The first kappa shape index (κ1) is 3.85. The van der Waals surface area contributed by atoms with Crippen LogP contribution in [0.1, 0.15) is 0 Å². The van der Waals surface area contributed by atoms with Crippen LogP contribution < -0.4 is 0 Å². The number of hydrogen-bond acceptors (Lipinski definition) is 1. The predicted octanol–water partition coefficient (Wildman–Crippen LogP) is 0.240. The molecule has 0 atom stereocenters. The van der Waals surface area contributed by atoms with E-state index in [1.165, 1.54) is 6.11 Å². The van der Waals surface area contributed by atoms with E-state index in [0.717, 1.165) is 0 Å². The van der Waals surface area contributed by atoms with Crippen LogP contribution in [0.4, 0.5) is 0 Å². The number of rotatable bonds is 0. The van der Waals surface area contributed by atoms with Crippen molar-refractivity contribution in [2.24, 2.45) is 0 Å². The van der Waals surface area contributed by atoms with Gasteiger partial charge in [0.25, 0.3) is 6.57 Å². The van der Waals surface area contributed by atoms with Crippen LogP contribution in [0, 0.1) is 18.7 Å². The topological polar surface area (TPSA) is 24.6 Å². The van der Waals surface area contributed by atoms with E-state index in [1.54, 1.807) is 0 Å². The van der Waals surface area contributed by atoms with Gasteiger partial charge in [0, 0.05) is 4.85 Å². The summed E-state index contributed by atoms with van der Waals surface area (Å²) in [5, 5.41) is 7.53. The van der Waals surface area contributed by atoms with Gasteiger partial charge in [-0.3, -0.25) is 0 Å². The molecular weight excluding hydrogens is 66.0 g/mol. The van der Waals surface area contributed by atoms with Crippen molar-refractivity contribution in [3.05, 3.63) is 4.85 Å². The molecule has 0 bridgehead atoms. The first-order valence-electron chi connectivity index (χ1n) is 0.955. The SMILES string of the molecule is C#[N+]C#CO. The highest BCUT2D eigenvalue weighted by Gasteiger charge is 1.58. The molecule has 0 saturated heterocycles. The molecule has 2 nitrogen and oxygen atoms in total. The van der Waals surface area contributed by atoms with Crippen molar-refractivity contribution in [1.82, 2.24) is 0 Å². The van der Waals surface area contributed by atoms with E-state index in [9.17, 15) is 0 Å². The van der Waals surface area contributed by atoms with Gasteiger partial charge in [-0.15, -0.1) is 0 Å². The average molecular weight is 68.1 g/mol. The van der Waals surface area contributed by atoms with Crippen molar-refractivity contribution in [2.45, 2.75) is 0 Å². The van der Waals surface area contributed by atoms with Crippen LogP contribution in [0.2, 0.25) is 0 Å². The standard InChI is InChI=1S/C3HNO/c1-4-2-3-5/h1H/p+1. The minimum atomic E-state index is 1.48. The second-order valence-corrected chi connectivity index (χ2v) is 0.353. The fraction of sp³-hybridized carbons (Fsp3) is 0. The summed E-state index contributed by atoms with van der Waals surface area (Å²) < 4.78 is 0. The Morgan fingerprint density at radius 2 is 2.40 bits per heavy atom. The Morgan fingerprint density at radius 1 is 1.80 bits per heavy atom.